The van der Waals surface area contributed by atoms with Gasteiger partial charge in [0.05, 0.1) is 19.3 Å². The van der Waals surface area contributed by atoms with Gasteiger partial charge in [-0.05, 0) is 36.6 Å². The Morgan fingerprint density at radius 2 is 1.82 bits per heavy atom. The minimum atomic E-state index is 0.180. The van der Waals surface area contributed by atoms with Crippen LogP contribution in [-0.2, 0) is 16.0 Å². The molecule has 0 radical (unpaired) electrons. The molecule has 4 rings (SSSR count). The van der Waals surface area contributed by atoms with Gasteiger partial charge in [-0.15, -0.1) is 0 Å². The van der Waals surface area contributed by atoms with Crippen molar-refractivity contribution in [1.82, 2.24) is 14.7 Å². The molecular weight excluding hydrogens is 350 g/mol. The Morgan fingerprint density at radius 3 is 2.54 bits per heavy atom. The van der Waals surface area contributed by atoms with E-state index in [0.29, 0.717) is 12.5 Å². The Balaban J connectivity index is 1.56. The van der Waals surface area contributed by atoms with Crippen LogP contribution in [0.25, 0.3) is 0 Å². The molecule has 1 aliphatic carbocycles. The Bertz CT molecular complexity index is 763. The number of fused-ring (bicyclic) bond motifs is 1. The number of nitrogens with zero attached hydrogens (tertiary/aromatic N) is 3. The maximum atomic E-state index is 12.9. The van der Waals surface area contributed by atoms with E-state index in [1.165, 1.54) is 11.1 Å². The van der Waals surface area contributed by atoms with Crippen molar-refractivity contribution in [3.63, 3.8) is 0 Å². The van der Waals surface area contributed by atoms with E-state index < -0.39 is 0 Å². The average molecular weight is 382 g/mol. The van der Waals surface area contributed by atoms with Crippen LogP contribution in [0, 0.1) is 0 Å². The normalized spacial score (nSPS) is 24.0. The number of allylic oxidation sites excluding steroid dienone is 1. The third-order valence-electron chi connectivity index (χ3n) is 6.33. The minimum Gasteiger partial charge on any atom is -0.501 e. The maximum Gasteiger partial charge on any atom is 0.230 e. The van der Waals surface area contributed by atoms with Gasteiger partial charge in [-0.25, -0.2) is 0 Å². The Hall–Kier alpha value is -2.11. The predicted molar refractivity (Wildman–Crippen MR) is 111 cm³/mol. The number of carbonyl (C=O) groups excluding carboxylic acids is 1. The molecule has 5 nitrogen and oxygen atoms in total. The van der Waals surface area contributed by atoms with Gasteiger partial charge >= 0.3 is 0 Å². The van der Waals surface area contributed by atoms with Gasteiger partial charge in [0.25, 0.3) is 0 Å². The number of carbonyl (C=O) groups is 1. The molecule has 150 valence electrons. The number of ether oxygens (including phenoxy) is 1. The summed E-state index contributed by atoms with van der Waals surface area (Å²) < 4.78 is 5.71. The second-order valence-corrected chi connectivity index (χ2v) is 8.08. The molecule has 1 fully saturated rings. The molecule has 1 saturated heterocycles. The fourth-order valence-electron chi connectivity index (χ4n) is 4.66. The second kappa shape index (κ2) is 8.50. The van der Waals surface area contributed by atoms with Crippen LogP contribution in [0.5, 0.6) is 0 Å². The van der Waals surface area contributed by atoms with E-state index in [1.54, 1.807) is 7.11 Å². The number of benzene rings is 1. The minimum absolute atomic E-state index is 0.180. The average Bonchev–Trinajstić information content (AvgIpc) is 2.74. The van der Waals surface area contributed by atoms with Gasteiger partial charge in [0.1, 0.15) is 0 Å². The third-order valence-corrected chi connectivity index (χ3v) is 6.33. The molecule has 28 heavy (non-hydrogen) atoms. The number of hydrogen-bond acceptors (Lipinski definition) is 4. The van der Waals surface area contributed by atoms with E-state index in [4.69, 9.17) is 4.74 Å². The molecule has 0 spiro atoms. The Labute approximate surface area is 168 Å². The topological polar surface area (TPSA) is 36.0 Å². The zero-order valence-corrected chi connectivity index (χ0v) is 17.1. The summed E-state index contributed by atoms with van der Waals surface area (Å²) in [6.45, 7) is 5.14. The van der Waals surface area contributed by atoms with Crippen molar-refractivity contribution in [2.45, 2.75) is 31.7 Å². The van der Waals surface area contributed by atoms with Crippen LogP contribution in [0.1, 0.15) is 24.8 Å². The summed E-state index contributed by atoms with van der Waals surface area (Å²) in [6, 6.07) is 10.4. The molecule has 1 unspecified atom stereocenters. The van der Waals surface area contributed by atoms with Crippen molar-refractivity contribution >= 4 is 5.91 Å². The first kappa shape index (κ1) is 19.2. The van der Waals surface area contributed by atoms with Gasteiger partial charge < -0.3 is 14.5 Å². The van der Waals surface area contributed by atoms with Gasteiger partial charge in [0.15, 0.2) is 0 Å². The molecule has 1 aromatic carbocycles. The van der Waals surface area contributed by atoms with Crippen molar-refractivity contribution in [3.05, 3.63) is 59.0 Å². The highest BCUT2D eigenvalue weighted by Gasteiger charge is 2.35. The molecule has 0 N–H and O–H groups in total. The lowest BCUT2D eigenvalue weighted by Crippen LogP contribution is -2.51. The lowest BCUT2D eigenvalue weighted by molar-refractivity contribution is -0.128. The number of likely N-dealkylation sites (N-methyl/N-ethyl adjacent to an activating group) is 1. The first-order valence-corrected chi connectivity index (χ1v) is 10.4. The Kier molecular flexibility index (Phi) is 5.83. The number of piperazine rings is 1. The van der Waals surface area contributed by atoms with Crippen LogP contribution in [0.15, 0.2) is 53.4 Å². The molecule has 0 aromatic heterocycles. The maximum absolute atomic E-state index is 12.9. The molecule has 5 heteroatoms. The van der Waals surface area contributed by atoms with E-state index in [0.717, 1.165) is 63.3 Å². The summed E-state index contributed by atoms with van der Waals surface area (Å²) in [4.78, 5) is 19.9. The van der Waals surface area contributed by atoms with E-state index in [2.05, 4.69) is 23.0 Å². The highest BCUT2D eigenvalue weighted by Crippen LogP contribution is 2.38. The zero-order valence-electron chi connectivity index (χ0n) is 17.1. The summed E-state index contributed by atoms with van der Waals surface area (Å²) in [5.41, 5.74) is 3.71. The van der Waals surface area contributed by atoms with Gasteiger partial charge in [-0.1, -0.05) is 30.3 Å². The first-order chi connectivity index (χ1) is 13.7. The quantitative estimate of drug-likeness (QED) is 0.803. The lowest BCUT2D eigenvalue weighted by Gasteiger charge is -2.43. The van der Waals surface area contributed by atoms with Crippen molar-refractivity contribution in [1.29, 1.82) is 0 Å². The van der Waals surface area contributed by atoms with Crippen molar-refractivity contribution < 1.29 is 9.53 Å². The number of amides is 1. The number of hydrogen-bond donors (Lipinski definition) is 0. The van der Waals surface area contributed by atoms with Gasteiger partial charge in [0.2, 0.25) is 5.91 Å². The van der Waals surface area contributed by atoms with E-state index in [-0.39, 0.29) is 5.91 Å². The van der Waals surface area contributed by atoms with Crippen LogP contribution in [0.2, 0.25) is 0 Å². The van der Waals surface area contributed by atoms with E-state index >= 15 is 0 Å². The summed E-state index contributed by atoms with van der Waals surface area (Å²) in [7, 11) is 3.97. The monoisotopic (exact) mass is 381 g/mol. The van der Waals surface area contributed by atoms with Crippen LogP contribution in [0.4, 0.5) is 0 Å². The molecule has 2 heterocycles. The van der Waals surface area contributed by atoms with Gasteiger partial charge in [-0.3, -0.25) is 9.69 Å². The first-order valence-electron chi connectivity index (χ1n) is 10.4. The number of methoxy groups -OCH3 is 1. The van der Waals surface area contributed by atoms with Crippen molar-refractivity contribution in [2.24, 2.45) is 0 Å². The Morgan fingerprint density at radius 1 is 1.07 bits per heavy atom. The summed E-state index contributed by atoms with van der Waals surface area (Å²) in [5, 5.41) is 0. The lowest BCUT2D eigenvalue weighted by atomic mass is 9.83. The zero-order chi connectivity index (χ0) is 19.5. The molecule has 2 aliphatic heterocycles. The highest BCUT2D eigenvalue weighted by molar-refractivity contribution is 5.80. The molecule has 1 atom stereocenters. The largest absolute Gasteiger partial charge is 0.501 e. The van der Waals surface area contributed by atoms with Gasteiger partial charge in [0, 0.05) is 51.4 Å². The molecular formula is C23H31N3O2. The van der Waals surface area contributed by atoms with E-state index in [1.807, 2.05) is 35.2 Å². The van der Waals surface area contributed by atoms with Crippen LogP contribution >= 0.6 is 0 Å². The molecule has 0 saturated carbocycles. The highest BCUT2D eigenvalue weighted by atomic mass is 16.5. The fraction of sp³-hybridized carbons (Fsp3) is 0.522. The SMILES string of the molecule is COC1=C2CCN(C(=O)Cc3ccccc3)C=C2C(N2CCN(C)CC2)CC1. The van der Waals surface area contributed by atoms with Crippen molar-refractivity contribution in [3.8, 4) is 0 Å². The fourth-order valence-corrected chi connectivity index (χ4v) is 4.66. The molecule has 3 aliphatic rings. The summed E-state index contributed by atoms with van der Waals surface area (Å²) in [6.07, 6.45) is 5.55. The standard InChI is InChI=1S/C23H31N3O2/c1-24-12-14-25(15-13-24)21-8-9-22(28-2)19-10-11-26(17-20(19)21)23(27)16-18-6-4-3-5-7-18/h3-7,17,21H,8-16H2,1-2H3. The summed E-state index contributed by atoms with van der Waals surface area (Å²) in [5.74, 6) is 1.30. The third kappa shape index (κ3) is 4.01. The van der Waals surface area contributed by atoms with Crippen LogP contribution in [0.3, 0.4) is 0 Å². The van der Waals surface area contributed by atoms with Crippen LogP contribution in [-0.4, -0.2) is 73.5 Å². The van der Waals surface area contributed by atoms with Gasteiger partial charge in [-0.2, -0.15) is 0 Å². The smallest absolute Gasteiger partial charge is 0.230 e. The molecule has 1 amide bonds. The number of rotatable bonds is 4. The predicted octanol–water partition coefficient (Wildman–Crippen LogP) is 2.66. The summed E-state index contributed by atoms with van der Waals surface area (Å²) >= 11 is 0. The second-order valence-electron chi connectivity index (χ2n) is 8.08. The van der Waals surface area contributed by atoms with Crippen LogP contribution < -0.4 is 0 Å². The molecule has 0 bridgehead atoms. The van der Waals surface area contributed by atoms with Crippen molar-refractivity contribution in [2.75, 3.05) is 46.9 Å². The van der Waals surface area contributed by atoms with E-state index in [9.17, 15) is 4.79 Å². The molecule has 1 aromatic rings.